The van der Waals surface area contributed by atoms with E-state index in [9.17, 15) is 0 Å². The van der Waals surface area contributed by atoms with Gasteiger partial charge in [0.05, 0.1) is 12.1 Å². The molecule has 0 bridgehead atoms. The third kappa shape index (κ3) is 6.03. The van der Waals surface area contributed by atoms with E-state index in [0.29, 0.717) is 5.11 Å². The van der Waals surface area contributed by atoms with Crippen molar-refractivity contribution < 1.29 is 4.74 Å². The van der Waals surface area contributed by atoms with Crippen molar-refractivity contribution in [2.24, 2.45) is 0 Å². The van der Waals surface area contributed by atoms with Crippen molar-refractivity contribution in [1.82, 2.24) is 5.32 Å². The molecule has 2 rings (SSSR count). The van der Waals surface area contributed by atoms with Crippen LogP contribution in [-0.4, -0.2) is 11.2 Å². The Balaban J connectivity index is 1.92. The van der Waals surface area contributed by atoms with E-state index in [1.165, 1.54) is 11.1 Å². The Morgan fingerprint density at radius 1 is 0.923 bits per heavy atom. The highest BCUT2D eigenvalue weighted by atomic mass is 32.1. The first-order chi connectivity index (χ1) is 12.1. The van der Waals surface area contributed by atoms with Crippen molar-refractivity contribution >= 4 is 23.0 Å². The molecule has 2 N–H and O–H groups in total. The zero-order chi connectivity index (χ0) is 19.3. The number of hydrogen-bond acceptors (Lipinski definition) is 2. The van der Waals surface area contributed by atoms with E-state index >= 15 is 0 Å². The number of nitrogens with one attached hydrogen (secondary N) is 2. The number of ether oxygens (including phenoxy) is 1. The lowest BCUT2D eigenvalue weighted by atomic mass is 9.86. The van der Waals surface area contributed by atoms with Gasteiger partial charge < -0.3 is 15.4 Å². The van der Waals surface area contributed by atoms with E-state index in [1.54, 1.807) is 0 Å². The summed E-state index contributed by atoms with van der Waals surface area (Å²) in [7, 11) is 0. The van der Waals surface area contributed by atoms with Crippen LogP contribution in [0.1, 0.15) is 58.7 Å². The van der Waals surface area contributed by atoms with Crippen molar-refractivity contribution in [2.75, 3.05) is 5.32 Å². The molecule has 3 nitrogen and oxygen atoms in total. The molecule has 0 fully saturated rings. The highest BCUT2D eigenvalue weighted by Crippen LogP contribution is 2.24. The van der Waals surface area contributed by atoms with E-state index in [4.69, 9.17) is 17.0 Å². The molecule has 4 heteroatoms. The molecule has 0 aromatic heterocycles. The van der Waals surface area contributed by atoms with Gasteiger partial charge in [-0.25, -0.2) is 0 Å². The van der Waals surface area contributed by atoms with Crippen LogP contribution in [0.2, 0.25) is 0 Å². The molecule has 0 spiro atoms. The summed E-state index contributed by atoms with van der Waals surface area (Å²) >= 11 is 5.45. The second kappa shape index (κ2) is 8.54. The van der Waals surface area contributed by atoms with Crippen LogP contribution in [0.15, 0.2) is 48.5 Å². The predicted octanol–water partition coefficient (Wildman–Crippen LogP) is 5.82. The first-order valence-electron chi connectivity index (χ1n) is 9.10. The summed E-state index contributed by atoms with van der Waals surface area (Å²) < 4.78 is 5.65. The van der Waals surface area contributed by atoms with Crippen molar-refractivity contribution in [3.05, 3.63) is 59.7 Å². The highest BCUT2D eigenvalue weighted by molar-refractivity contribution is 7.80. The van der Waals surface area contributed by atoms with Gasteiger partial charge in [0.25, 0.3) is 0 Å². The monoisotopic (exact) mass is 370 g/mol. The van der Waals surface area contributed by atoms with E-state index in [-0.39, 0.29) is 17.6 Å². The van der Waals surface area contributed by atoms with Gasteiger partial charge in [0.2, 0.25) is 0 Å². The van der Waals surface area contributed by atoms with Crippen LogP contribution in [0.4, 0.5) is 5.69 Å². The molecule has 0 amide bonds. The first-order valence-corrected chi connectivity index (χ1v) is 9.50. The van der Waals surface area contributed by atoms with Gasteiger partial charge in [-0.15, -0.1) is 0 Å². The minimum Gasteiger partial charge on any atom is -0.491 e. The third-order valence-electron chi connectivity index (χ3n) is 4.11. The summed E-state index contributed by atoms with van der Waals surface area (Å²) in [5.41, 5.74) is 3.65. The molecule has 0 radical (unpaired) electrons. The maximum atomic E-state index is 5.65. The SMILES string of the molecule is CC(C)Oc1ccc(NC(=S)NC(C)c2ccc(C(C)(C)C)cc2)cc1. The average Bonchev–Trinajstić information content (AvgIpc) is 2.55. The van der Waals surface area contributed by atoms with Crippen LogP contribution in [0.25, 0.3) is 0 Å². The predicted molar refractivity (Wildman–Crippen MR) is 115 cm³/mol. The van der Waals surface area contributed by atoms with Crippen molar-refractivity contribution in [3.63, 3.8) is 0 Å². The van der Waals surface area contributed by atoms with Crippen LogP contribution < -0.4 is 15.4 Å². The van der Waals surface area contributed by atoms with Crippen LogP contribution in [0, 0.1) is 0 Å². The topological polar surface area (TPSA) is 33.3 Å². The first kappa shape index (κ1) is 20.2. The van der Waals surface area contributed by atoms with E-state index in [0.717, 1.165) is 11.4 Å². The Labute approximate surface area is 163 Å². The lowest BCUT2D eigenvalue weighted by Gasteiger charge is -2.21. The van der Waals surface area contributed by atoms with E-state index < -0.39 is 0 Å². The number of anilines is 1. The van der Waals surface area contributed by atoms with Gasteiger partial charge in [0.15, 0.2) is 5.11 Å². The molecule has 26 heavy (non-hydrogen) atoms. The fourth-order valence-electron chi connectivity index (χ4n) is 2.61. The average molecular weight is 371 g/mol. The smallest absolute Gasteiger partial charge is 0.171 e. The number of rotatable bonds is 5. The van der Waals surface area contributed by atoms with Gasteiger partial charge in [-0.05, 0) is 73.8 Å². The zero-order valence-electron chi connectivity index (χ0n) is 16.6. The Morgan fingerprint density at radius 3 is 2.00 bits per heavy atom. The molecular weight excluding hydrogens is 340 g/mol. The third-order valence-corrected chi connectivity index (χ3v) is 4.33. The second-order valence-corrected chi connectivity index (χ2v) is 8.29. The van der Waals surface area contributed by atoms with Gasteiger partial charge in [-0.3, -0.25) is 0 Å². The lowest BCUT2D eigenvalue weighted by Crippen LogP contribution is -2.30. The molecule has 0 heterocycles. The van der Waals surface area contributed by atoms with Crippen LogP contribution in [-0.2, 0) is 5.41 Å². The van der Waals surface area contributed by atoms with Gasteiger partial charge in [-0.1, -0.05) is 45.0 Å². The molecule has 2 aromatic carbocycles. The Morgan fingerprint density at radius 2 is 1.50 bits per heavy atom. The molecule has 0 aliphatic carbocycles. The quantitative estimate of drug-likeness (QED) is 0.650. The van der Waals surface area contributed by atoms with Gasteiger partial charge >= 0.3 is 0 Å². The molecule has 1 atom stereocenters. The number of thiocarbonyl (C=S) groups is 1. The molecule has 1 unspecified atom stereocenters. The maximum Gasteiger partial charge on any atom is 0.171 e. The molecule has 0 saturated carbocycles. The minimum atomic E-state index is 0.132. The largest absolute Gasteiger partial charge is 0.491 e. The van der Waals surface area contributed by atoms with E-state index in [2.05, 4.69) is 62.6 Å². The van der Waals surface area contributed by atoms with Gasteiger partial charge in [-0.2, -0.15) is 0 Å². The Hall–Kier alpha value is -2.07. The van der Waals surface area contributed by atoms with E-state index in [1.807, 2.05) is 38.1 Å². The summed E-state index contributed by atoms with van der Waals surface area (Å²) in [6.07, 6.45) is 0.169. The standard InChI is InChI=1S/C22H30N2OS/c1-15(2)25-20-13-11-19(12-14-20)24-21(26)23-16(3)17-7-9-18(10-8-17)22(4,5)6/h7-16H,1-6H3,(H2,23,24,26). The molecule has 0 aliphatic heterocycles. The summed E-state index contributed by atoms with van der Waals surface area (Å²) in [5.74, 6) is 0.858. The van der Waals surface area contributed by atoms with Crippen molar-refractivity contribution in [3.8, 4) is 5.75 Å². The summed E-state index contributed by atoms with van der Waals surface area (Å²) in [5, 5.41) is 7.17. The lowest BCUT2D eigenvalue weighted by molar-refractivity contribution is 0.242. The summed E-state index contributed by atoms with van der Waals surface area (Å²) in [6, 6.07) is 16.7. The van der Waals surface area contributed by atoms with Crippen LogP contribution in [0.5, 0.6) is 5.75 Å². The molecule has 2 aromatic rings. The molecular formula is C22H30N2OS. The van der Waals surface area contributed by atoms with Crippen LogP contribution >= 0.6 is 12.2 Å². The molecule has 0 saturated heterocycles. The zero-order valence-corrected chi connectivity index (χ0v) is 17.4. The Bertz CT molecular complexity index is 715. The normalized spacial score (nSPS) is 12.6. The maximum absolute atomic E-state index is 5.65. The fourth-order valence-corrected chi connectivity index (χ4v) is 2.90. The minimum absolute atomic E-state index is 0.132. The van der Waals surface area contributed by atoms with Gasteiger partial charge in [0, 0.05) is 5.69 Å². The number of hydrogen-bond donors (Lipinski definition) is 2. The van der Waals surface area contributed by atoms with Crippen molar-refractivity contribution in [1.29, 1.82) is 0 Å². The van der Waals surface area contributed by atoms with Gasteiger partial charge in [0.1, 0.15) is 5.75 Å². The van der Waals surface area contributed by atoms with Crippen molar-refractivity contribution in [2.45, 2.75) is 59.1 Å². The number of benzene rings is 2. The molecule has 0 aliphatic rings. The highest BCUT2D eigenvalue weighted by Gasteiger charge is 2.14. The molecule has 140 valence electrons. The summed E-state index contributed by atoms with van der Waals surface area (Å²) in [6.45, 7) is 12.8. The fraction of sp³-hybridized carbons (Fsp3) is 0.409. The van der Waals surface area contributed by atoms with Crippen LogP contribution in [0.3, 0.4) is 0 Å². The Kier molecular flexibility index (Phi) is 6.65. The second-order valence-electron chi connectivity index (χ2n) is 7.88. The summed E-state index contributed by atoms with van der Waals surface area (Å²) in [4.78, 5) is 0.